The zero-order valence-corrected chi connectivity index (χ0v) is 38.1. The fraction of sp³-hybridized carbons (Fsp3) is 0.118. The summed E-state index contributed by atoms with van der Waals surface area (Å²) in [5.41, 5.74) is 9.53. The molecule has 3 heterocycles. The van der Waals surface area contributed by atoms with Crippen LogP contribution in [0.1, 0.15) is 0 Å². The van der Waals surface area contributed by atoms with Gasteiger partial charge in [0, 0.05) is 30.2 Å². The Balaban J connectivity index is 1.22. The number of hydrogen-bond donors (Lipinski definition) is 9. The van der Waals surface area contributed by atoms with Gasteiger partial charge in [0.05, 0.1) is 46.4 Å². The molecule has 0 saturated carbocycles. The van der Waals surface area contributed by atoms with Crippen LogP contribution in [0, 0.1) is 6.08 Å². The van der Waals surface area contributed by atoms with E-state index < -0.39 is 79.6 Å². The Morgan fingerprint density at radius 3 is 1.91 bits per heavy atom. The van der Waals surface area contributed by atoms with Crippen molar-refractivity contribution in [2.75, 3.05) is 58.6 Å². The van der Waals surface area contributed by atoms with Gasteiger partial charge in [-0.25, -0.2) is 5.26 Å². The second-order valence-corrected chi connectivity index (χ2v) is 18.7. The van der Waals surface area contributed by atoms with Crippen molar-refractivity contribution in [3.8, 4) is 0 Å². The highest BCUT2D eigenvalue weighted by Gasteiger charge is 2.24. The minimum absolute atomic E-state index is 0.0181. The van der Waals surface area contributed by atoms with Gasteiger partial charge in [0.2, 0.25) is 29.1 Å². The summed E-state index contributed by atoms with van der Waals surface area (Å²) in [5, 5.41) is 36.2. The monoisotopic (exact) mass is 1050 g/mol. The summed E-state index contributed by atoms with van der Waals surface area (Å²) < 4.78 is 127. The van der Waals surface area contributed by atoms with Crippen LogP contribution in [0.2, 0.25) is 5.28 Å². The molecule has 0 aliphatic carbocycles. The number of rotatable bonds is 17. The average Bonchev–Trinajstić information content (AvgIpc) is 3.27. The SMILES string of the molecule is Nc1c(N=Nc2cc(Nc3nc(Cl)nc(Nc4cccc(S(=O)(=O)O)c4)n3)ccc2S(=O)(=O)O)cc(S(=O)(=O)O)c(N)c1N=Nc1cc(Nc2nc(F)nc(N3CCOCC3)n2)ccc1SOOO. The van der Waals surface area contributed by atoms with E-state index in [9.17, 15) is 43.3 Å². The lowest BCUT2D eigenvalue weighted by atomic mass is 10.2. The third-order valence-corrected chi connectivity index (χ3v) is 12.3. The van der Waals surface area contributed by atoms with Gasteiger partial charge < -0.3 is 37.1 Å². The van der Waals surface area contributed by atoms with Gasteiger partial charge in [-0.1, -0.05) is 11.1 Å². The Labute approximate surface area is 396 Å². The normalized spacial score (nSPS) is 13.6. The highest BCUT2D eigenvalue weighted by atomic mass is 35.5. The number of hydrogen-bond acceptors (Lipinski definition) is 27. The first-order chi connectivity index (χ1) is 32.6. The maximum atomic E-state index is 14.5. The van der Waals surface area contributed by atoms with E-state index in [1.54, 1.807) is 4.90 Å². The number of ether oxygens (including phenoxy) is 1. The fourth-order valence-electron chi connectivity index (χ4n) is 5.85. The van der Waals surface area contributed by atoms with E-state index in [1.807, 2.05) is 0 Å². The highest BCUT2D eigenvalue weighted by Crippen LogP contribution is 2.44. The molecule has 0 bridgehead atoms. The number of benzene rings is 4. The molecule has 11 N–H and O–H groups in total. The van der Waals surface area contributed by atoms with Crippen LogP contribution in [-0.2, 0) is 44.5 Å². The predicted octanol–water partition coefficient (Wildman–Crippen LogP) is 6.08. The molecule has 1 aliphatic heterocycles. The smallest absolute Gasteiger partial charge is 0.315 e. The van der Waals surface area contributed by atoms with E-state index in [2.05, 4.69) is 75.7 Å². The number of azo groups is 2. The van der Waals surface area contributed by atoms with Crippen LogP contribution >= 0.6 is 23.6 Å². The van der Waals surface area contributed by atoms with Crippen LogP contribution in [0.15, 0.2) is 107 Å². The van der Waals surface area contributed by atoms with Gasteiger partial charge in [0.1, 0.15) is 32.5 Å². The third kappa shape index (κ3) is 12.8. The average molecular weight is 1050 g/mol. The Morgan fingerprint density at radius 2 is 1.28 bits per heavy atom. The quantitative estimate of drug-likeness (QED) is 0.0125. The summed E-state index contributed by atoms with van der Waals surface area (Å²) in [6.07, 6.45) is -1.09. The molecule has 6 aromatic rings. The number of nitrogens with one attached hydrogen (secondary N) is 3. The largest absolute Gasteiger partial charge is 0.396 e. The molecule has 1 fully saturated rings. The standard InChI is InChI=1S/C34H30ClFN16O13S4/c35-29-42-31(39-16-2-1-3-19(12-16)67(54,55)56)46-32(43-29)40-18-5-7-24(68(57,58)59)21(14-18)49-50-22-15-25(69(60,61)62)27(38)28(26(22)37)51-48-20-13-17(4-6-23(20)66-65-64-53)41-33-44-30(36)45-34(47-33)52-8-10-63-11-9-52/h1-7,12-15,53H,8-11,37-38H2,(H,54,55,56)(H,57,58,59)(H,60,61,62)(H,41,44,45,47)(H2,39,40,42,43,46). The summed E-state index contributed by atoms with van der Waals surface area (Å²) in [6, 6.07) is 12.8. The van der Waals surface area contributed by atoms with Crippen LogP contribution < -0.4 is 32.3 Å². The Bertz CT molecular complexity index is 3360. The minimum atomic E-state index is -5.19. The van der Waals surface area contributed by atoms with Crippen LogP contribution in [0.25, 0.3) is 0 Å². The van der Waals surface area contributed by atoms with Crippen molar-refractivity contribution in [3.63, 3.8) is 0 Å². The molecule has 35 heteroatoms. The van der Waals surface area contributed by atoms with Crippen molar-refractivity contribution in [2.24, 2.45) is 20.5 Å². The Kier molecular flexibility index (Phi) is 15.0. The number of nitrogen functional groups attached to an aromatic ring is 2. The van der Waals surface area contributed by atoms with Crippen molar-refractivity contribution >= 4 is 129 Å². The summed E-state index contributed by atoms with van der Waals surface area (Å²) in [7, 11) is -14.8. The molecule has 0 spiro atoms. The lowest BCUT2D eigenvalue weighted by Gasteiger charge is -2.26. The molecule has 69 heavy (non-hydrogen) atoms. The molecule has 1 saturated heterocycles. The Hall–Kier alpha value is -6.96. The second kappa shape index (κ2) is 20.7. The van der Waals surface area contributed by atoms with E-state index in [0.29, 0.717) is 44.4 Å². The molecule has 7 rings (SSSR count). The van der Waals surface area contributed by atoms with Crippen LogP contribution in [0.3, 0.4) is 0 Å². The van der Waals surface area contributed by atoms with Crippen molar-refractivity contribution in [3.05, 3.63) is 78.1 Å². The van der Waals surface area contributed by atoms with Gasteiger partial charge in [0.25, 0.3) is 30.4 Å². The van der Waals surface area contributed by atoms with Crippen molar-refractivity contribution in [1.82, 2.24) is 29.9 Å². The maximum absolute atomic E-state index is 14.5. The lowest BCUT2D eigenvalue weighted by Crippen LogP contribution is -2.37. The molecule has 0 unspecified atom stereocenters. The molecule has 1 aliphatic rings. The van der Waals surface area contributed by atoms with Gasteiger partial charge >= 0.3 is 6.08 Å². The number of nitrogens with zero attached hydrogens (tertiary/aromatic N) is 11. The minimum Gasteiger partial charge on any atom is -0.396 e. The van der Waals surface area contributed by atoms with E-state index in [1.165, 1.54) is 30.3 Å². The van der Waals surface area contributed by atoms with Gasteiger partial charge in [0.15, 0.2) is 0 Å². The van der Waals surface area contributed by atoms with Gasteiger partial charge in [-0.05, 0) is 72.3 Å². The van der Waals surface area contributed by atoms with Crippen LogP contribution in [-0.4, -0.2) is 100 Å². The summed E-state index contributed by atoms with van der Waals surface area (Å²) in [6.45, 7) is 1.51. The second-order valence-electron chi connectivity index (χ2n) is 13.5. The number of anilines is 9. The Morgan fingerprint density at radius 1 is 0.681 bits per heavy atom. The summed E-state index contributed by atoms with van der Waals surface area (Å²) >= 11 is 6.52. The van der Waals surface area contributed by atoms with Crippen molar-refractivity contribution in [2.45, 2.75) is 19.6 Å². The molecule has 362 valence electrons. The van der Waals surface area contributed by atoms with E-state index in [0.717, 1.165) is 30.3 Å². The predicted molar refractivity (Wildman–Crippen MR) is 241 cm³/mol. The topological polar surface area (TPSA) is 429 Å². The van der Waals surface area contributed by atoms with E-state index >= 15 is 0 Å². The van der Waals surface area contributed by atoms with Crippen LogP contribution in [0.5, 0.6) is 0 Å². The number of morpholine rings is 1. The van der Waals surface area contributed by atoms with Crippen molar-refractivity contribution < 1.29 is 62.7 Å². The van der Waals surface area contributed by atoms with Crippen LogP contribution in [0.4, 0.5) is 79.4 Å². The highest BCUT2D eigenvalue weighted by molar-refractivity contribution is 7.94. The lowest BCUT2D eigenvalue weighted by molar-refractivity contribution is -0.432. The zero-order valence-electron chi connectivity index (χ0n) is 34.1. The molecule has 2 aromatic heterocycles. The van der Waals surface area contributed by atoms with Gasteiger partial charge in [-0.15, -0.1) is 24.8 Å². The number of nitrogens with two attached hydrogens (primary N) is 2. The molecule has 0 amide bonds. The maximum Gasteiger partial charge on any atom is 0.315 e. The van der Waals surface area contributed by atoms with E-state index in [-0.39, 0.29) is 56.7 Å². The molecule has 0 radical (unpaired) electrons. The number of aromatic nitrogens is 6. The molecule has 4 aromatic carbocycles. The summed E-state index contributed by atoms with van der Waals surface area (Å²) in [4.78, 5) is 23.2. The molecule has 0 atom stereocenters. The number of halogens is 2. The summed E-state index contributed by atoms with van der Waals surface area (Å²) in [5.74, 6) is -0.670. The van der Waals surface area contributed by atoms with E-state index in [4.69, 9.17) is 33.1 Å². The first-order valence-corrected chi connectivity index (χ1v) is 24.1. The van der Waals surface area contributed by atoms with Gasteiger partial charge in [-0.3, -0.25) is 13.7 Å². The van der Waals surface area contributed by atoms with Crippen molar-refractivity contribution in [1.29, 1.82) is 0 Å². The zero-order chi connectivity index (χ0) is 49.7. The molecular weight excluding hydrogens is 1020 g/mol. The first kappa shape index (κ1) is 49.9. The first-order valence-electron chi connectivity index (χ1n) is 18.6. The molecular formula is C34H30ClFN16O13S4. The molecule has 29 nitrogen and oxygen atoms in total. The fourth-order valence-corrected chi connectivity index (χ4v) is 8.19. The van der Waals surface area contributed by atoms with Gasteiger partial charge in [-0.2, -0.15) is 59.5 Å². The third-order valence-electron chi connectivity index (χ3n) is 8.87.